The van der Waals surface area contributed by atoms with Gasteiger partial charge in [0.25, 0.3) is 11.8 Å². The van der Waals surface area contributed by atoms with Crippen LogP contribution in [0.2, 0.25) is 5.02 Å². The number of carbonyl (C=O) groups is 3. The topological polar surface area (TPSA) is 93.7 Å². The van der Waals surface area contributed by atoms with Crippen molar-refractivity contribution in [1.82, 2.24) is 5.32 Å². The number of carbonyl (C=O) groups excluding carboxylic acids is 3. The van der Waals surface area contributed by atoms with Crippen LogP contribution >= 0.6 is 11.6 Å². The van der Waals surface area contributed by atoms with Crippen LogP contribution in [0.15, 0.2) is 48.5 Å². The van der Waals surface area contributed by atoms with E-state index in [1.807, 2.05) is 0 Å². The Bertz CT molecular complexity index is 826. The zero-order valence-corrected chi connectivity index (χ0v) is 15.6. The number of halogens is 1. The fourth-order valence-corrected chi connectivity index (χ4v) is 2.33. The summed E-state index contributed by atoms with van der Waals surface area (Å²) in [6, 6.07) is 12.3. The van der Waals surface area contributed by atoms with E-state index in [0.717, 1.165) is 0 Å². The molecule has 8 heteroatoms. The van der Waals surface area contributed by atoms with E-state index >= 15 is 0 Å². The van der Waals surface area contributed by atoms with Gasteiger partial charge in [0.05, 0.1) is 12.8 Å². The minimum Gasteiger partial charge on any atom is -0.495 e. The highest BCUT2D eigenvalue weighted by Crippen LogP contribution is 2.27. The lowest BCUT2D eigenvalue weighted by Crippen LogP contribution is -2.40. The molecule has 0 saturated carbocycles. The third-order valence-corrected chi connectivity index (χ3v) is 3.75. The first-order valence-corrected chi connectivity index (χ1v) is 8.44. The standard InChI is InChI=1S/C19H19ClN2O5/c1-12(21-18(24)13-6-4-3-5-7-13)19(25)27-11-17(23)22-15-10-14(20)8-9-16(15)26-2/h3-10,12H,11H2,1-2H3,(H,21,24)(H,22,23)/t12-/m0/s1. The maximum atomic E-state index is 12.0. The minimum absolute atomic E-state index is 0.358. The van der Waals surface area contributed by atoms with Gasteiger partial charge >= 0.3 is 5.97 Å². The number of ether oxygens (including phenoxy) is 2. The molecular weight excluding hydrogens is 372 g/mol. The largest absolute Gasteiger partial charge is 0.495 e. The van der Waals surface area contributed by atoms with Gasteiger partial charge in [0, 0.05) is 10.6 Å². The van der Waals surface area contributed by atoms with Crippen molar-refractivity contribution < 1.29 is 23.9 Å². The second-order valence-electron chi connectivity index (χ2n) is 5.56. The Balaban J connectivity index is 1.85. The molecule has 0 aromatic heterocycles. The number of esters is 1. The minimum atomic E-state index is -0.911. The molecule has 0 radical (unpaired) electrons. The molecule has 0 aliphatic carbocycles. The molecule has 7 nitrogen and oxygen atoms in total. The Morgan fingerprint density at radius 1 is 1.11 bits per heavy atom. The Hall–Kier alpha value is -3.06. The summed E-state index contributed by atoms with van der Waals surface area (Å²) in [5, 5.41) is 5.48. The number of benzene rings is 2. The van der Waals surface area contributed by atoms with Crippen LogP contribution in [-0.2, 0) is 14.3 Å². The van der Waals surface area contributed by atoms with E-state index in [1.54, 1.807) is 42.5 Å². The lowest BCUT2D eigenvalue weighted by atomic mass is 10.2. The van der Waals surface area contributed by atoms with Crippen molar-refractivity contribution in [3.8, 4) is 5.75 Å². The van der Waals surface area contributed by atoms with Crippen molar-refractivity contribution in [3.63, 3.8) is 0 Å². The Morgan fingerprint density at radius 2 is 1.81 bits per heavy atom. The fraction of sp³-hybridized carbons (Fsp3) is 0.211. The van der Waals surface area contributed by atoms with Crippen molar-refractivity contribution in [2.45, 2.75) is 13.0 Å². The van der Waals surface area contributed by atoms with Gasteiger partial charge in [-0.1, -0.05) is 29.8 Å². The van der Waals surface area contributed by atoms with E-state index in [9.17, 15) is 14.4 Å². The van der Waals surface area contributed by atoms with Gasteiger partial charge in [-0.3, -0.25) is 9.59 Å². The van der Waals surface area contributed by atoms with E-state index < -0.39 is 30.4 Å². The van der Waals surface area contributed by atoms with Crippen molar-refractivity contribution in [3.05, 3.63) is 59.1 Å². The van der Waals surface area contributed by atoms with Crippen LogP contribution in [0.5, 0.6) is 5.75 Å². The van der Waals surface area contributed by atoms with E-state index in [4.69, 9.17) is 21.1 Å². The summed E-state index contributed by atoms with van der Waals surface area (Å²) in [5.74, 6) is -1.28. The zero-order valence-electron chi connectivity index (χ0n) is 14.8. The number of amides is 2. The first-order valence-electron chi connectivity index (χ1n) is 8.06. The number of hydrogen-bond donors (Lipinski definition) is 2. The molecule has 2 N–H and O–H groups in total. The van der Waals surface area contributed by atoms with Crippen molar-refractivity contribution in [1.29, 1.82) is 0 Å². The molecule has 2 amide bonds. The molecule has 0 unspecified atom stereocenters. The second-order valence-corrected chi connectivity index (χ2v) is 6.00. The predicted molar refractivity (Wildman–Crippen MR) is 101 cm³/mol. The quantitative estimate of drug-likeness (QED) is 0.709. The van der Waals surface area contributed by atoms with Crippen LogP contribution < -0.4 is 15.4 Å². The molecule has 142 valence electrons. The Morgan fingerprint density at radius 3 is 2.48 bits per heavy atom. The van der Waals surface area contributed by atoms with E-state index in [2.05, 4.69) is 10.6 Å². The Labute approximate surface area is 161 Å². The van der Waals surface area contributed by atoms with Crippen LogP contribution in [0.1, 0.15) is 17.3 Å². The molecule has 2 aromatic rings. The predicted octanol–water partition coefficient (Wildman–Crippen LogP) is 2.65. The molecule has 2 aromatic carbocycles. The normalized spacial score (nSPS) is 11.2. The molecule has 0 spiro atoms. The average Bonchev–Trinajstić information content (AvgIpc) is 2.66. The van der Waals surface area contributed by atoms with Gasteiger partial charge in [-0.25, -0.2) is 4.79 Å². The molecule has 0 saturated heterocycles. The summed E-state index contributed by atoms with van der Waals surface area (Å²) in [6.45, 7) is 0.959. The van der Waals surface area contributed by atoms with Crippen LogP contribution in [0.4, 0.5) is 5.69 Å². The summed E-state index contributed by atoms with van der Waals surface area (Å²) in [4.78, 5) is 36.0. The van der Waals surface area contributed by atoms with Gasteiger partial charge in [0.1, 0.15) is 11.8 Å². The van der Waals surface area contributed by atoms with Gasteiger partial charge in [-0.05, 0) is 37.3 Å². The number of methoxy groups -OCH3 is 1. The van der Waals surface area contributed by atoms with Gasteiger partial charge in [0.15, 0.2) is 6.61 Å². The number of hydrogen-bond acceptors (Lipinski definition) is 5. The van der Waals surface area contributed by atoms with Crippen LogP contribution in [0.3, 0.4) is 0 Å². The molecule has 0 fully saturated rings. The molecule has 0 bridgehead atoms. The molecule has 0 aliphatic heterocycles. The zero-order chi connectivity index (χ0) is 19.8. The van der Waals surface area contributed by atoms with E-state index in [0.29, 0.717) is 22.0 Å². The van der Waals surface area contributed by atoms with Crippen LogP contribution in [0, 0.1) is 0 Å². The number of anilines is 1. The molecule has 1 atom stereocenters. The fourth-order valence-electron chi connectivity index (χ4n) is 2.15. The Kier molecular flexibility index (Phi) is 7.19. The van der Waals surface area contributed by atoms with Crippen LogP contribution in [0.25, 0.3) is 0 Å². The molecule has 0 aliphatic rings. The summed E-state index contributed by atoms with van der Waals surface area (Å²) < 4.78 is 10.1. The van der Waals surface area contributed by atoms with Crippen molar-refractivity contribution >= 4 is 35.1 Å². The van der Waals surface area contributed by atoms with Gasteiger partial charge < -0.3 is 20.1 Å². The summed E-state index contributed by atoms with van der Waals surface area (Å²) >= 11 is 5.89. The van der Waals surface area contributed by atoms with Crippen molar-refractivity contribution in [2.75, 3.05) is 19.0 Å². The summed E-state index contributed by atoms with van der Waals surface area (Å²) in [5.41, 5.74) is 0.777. The first-order chi connectivity index (χ1) is 12.9. The summed E-state index contributed by atoms with van der Waals surface area (Å²) in [7, 11) is 1.45. The number of nitrogens with one attached hydrogen (secondary N) is 2. The molecule has 2 rings (SSSR count). The van der Waals surface area contributed by atoms with Crippen LogP contribution in [-0.4, -0.2) is 37.5 Å². The lowest BCUT2D eigenvalue weighted by molar-refractivity contribution is -0.148. The molecular formula is C19H19ClN2O5. The average molecular weight is 391 g/mol. The van der Waals surface area contributed by atoms with Gasteiger partial charge in [-0.15, -0.1) is 0 Å². The smallest absolute Gasteiger partial charge is 0.328 e. The second kappa shape index (κ2) is 9.59. The van der Waals surface area contributed by atoms with Gasteiger partial charge in [0.2, 0.25) is 0 Å². The first kappa shape index (κ1) is 20.3. The monoisotopic (exact) mass is 390 g/mol. The summed E-state index contributed by atoms with van der Waals surface area (Å²) in [6.07, 6.45) is 0. The highest BCUT2D eigenvalue weighted by molar-refractivity contribution is 6.31. The molecule has 0 heterocycles. The van der Waals surface area contributed by atoms with E-state index in [1.165, 1.54) is 20.1 Å². The maximum Gasteiger partial charge on any atom is 0.328 e. The van der Waals surface area contributed by atoms with E-state index in [-0.39, 0.29) is 0 Å². The molecule has 27 heavy (non-hydrogen) atoms. The van der Waals surface area contributed by atoms with Crippen molar-refractivity contribution in [2.24, 2.45) is 0 Å². The third kappa shape index (κ3) is 6.00. The lowest BCUT2D eigenvalue weighted by Gasteiger charge is -2.14. The SMILES string of the molecule is COc1ccc(Cl)cc1NC(=O)COC(=O)[C@H](C)NC(=O)c1ccccc1. The van der Waals surface area contributed by atoms with Gasteiger partial charge in [-0.2, -0.15) is 0 Å². The highest BCUT2D eigenvalue weighted by atomic mass is 35.5. The number of rotatable bonds is 7. The highest BCUT2D eigenvalue weighted by Gasteiger charge is 2.19. The maximum absolute atomic E-state index is 12.0. The third-order valence-electron chi connectivity index (χ3n) is 3.52.